The van der Waals surface area contributed by atoms with Crippen molar-refractivity contribution in [3.8, 4) is 11.5 Å². The molecule has 0 aliphatic heterocycles. The molecule has 0 spiro atoms. The van der Waals surface area contributed by atoms with Crippen molar-refractivity contribution in [1.29, 1.82) is 0 Å². The summed E-state index contributed by atoms with van der Waals surface area (Å²) in [5, 5.41) is 6.99. The molecule has 0 aliphatic rings. The highest BCUT2D eigenvalue weighted by molar-refractivity contribution is 7.80. The molecule has 0 aliphatic carbocycles. The van der Waals surface area contributed by atoms with Crippen molar-refractivity contribution in [2.45, 2.75) is 46.5 Å². The van der Waals surface area contributed by atoms with E-state index < -0.39 is 0 Å². The average Bonchev–Trinajstić information content (AvgIpc) is 2.72. The number of thiocarbonyl (C=S) groups is 1. The Morgan fingerprint density at radius 1 is 0.800 bits per heavy atom. The lowest BCUT2D eigenvalue weighted by atomic mass is 9.82. The predicted octanol–water partition coefficient (Wildman–Crippen LogP) is 7.59. The van der Waals surface area contributed by atoms with Gasteiger partial charge in [-0.25, -0.2) is 0 Å². The largest absolute Gasteiger partial charge is 0.457 e. The first-order valence-electron chi connectivity index (χ1n) is 10.3. The third-order valence-corrected chi connectivity index (χ3v) is 5.84. The van der Waals surface area contributed by atoms with Crippen LogP contribution in [0, 0.1) is 13.8 Å². The number of hydrogen-bond acceptors (Lipinski definition) is 2. The van der Waals surface area contributed by atoms with Crippen LogP contribution in [0.4, 0.5) is 11.4 Å². The second kappa shape index (κ2) is 9.31. The Balaban J connectivity index is 1.58. The van der Waals surface area contributed by atoms with E-state index in [0.29, 0.717) is 5.11 Å². The number of hydrogen-bond donors (Lipinski definition) is 2. The van der Waals surface area contributed by atoms with Crippen molar-refractivity contribution in [3.63, 3.8) is 0 Å². The van der Waals surface area contributed by atoms with E-state index in [2.05, 4.69) is 69.5 Å². The van der Waals surface area contributed by atoms with Gasteiger partial charge in [-0.15, -0.1) is 0 Å². The van der Waals surface area contributed by atoms with Crippen LogP contribution >= 0.6 is 12.2 Å². The Labute approximate surface area is 185 Å². The molecular formula is C26H30N2OS. The number of rotatable bonds is 6. The minimum absolute atomic E-state index is 0.176. The second-order valence-electron chi connectivity index (χ2n) is 8.27. The summed E-state index contributed by atoms with van der Waals surface area (Å²) in [4.78, 5) is 0. The predicted molar refractivity (Wildman–Crippen MR) is 132 cm³/mol. The van der Waals surface area contributed by atoms with Crippen LogP contribution < -0.4 is 15.4 Å². The van der Waals surface area contributed by atoms with Crippen molar-refractivity contribution < 1.29 is 4.74 Å². The quantitative estimate of drug-likeness (QED) is 0.404. The summed E-state index contributed by atoms with van der Waals surface area (Å²) < 4.78 is 5.98. The topological polar surface area (TPSA) is 33.3 Å². The van der Waals surface area contributed by atoms with Gasteiger partial charge in [0.05, 0.1) is 0 Å². The van der Waals surface area contributed by atoms with Crippen LogP contribution in [0.3, 0.4) is 0 Å². The standard InChI is InChI=1S/C26H30N2OS/c1-6-26(4,5)20-8-13-23(14-9-20)29-24-15-11-21(12-16-24)27-25(30)28-22-10-7-18(2)19(3)17-22/h7-17H,6H2,1-5H3,(H2,27,28,30). The molecular weight excluding hydrogens is 388 g/mol. The van der Waals surface area contributed by atoms with E-state index >= 15 is 0 Å². The van der Waals surface area contributed by atoms with Crippen LogP contribution in [-0.2, 0) is 5.41 Å². The fourth-order valence-corrected chi connectivity index (χ4v) is 3.27. The monoisotopic (exact) mass is 418 g/mol. The first kappa shape index (κ1) is 21.8. The smallest absolute Gasteiger partial charge is 0.175 e. The molecule has 0 bridgehead atoms. The van der Waals surface area contributed by atoms with Gasteiger partial charge >= 0.3 is 0 Å². The van der Waals surface area contributed by atoms with Crippen molar-refractivity contribution in [2.75, 3.05) is 10.6 Å². The number of nitrogens with one attached hydrogen (secondary N) is 2. The lowest BCUT2D eigenvalue weighted by Crippen LogP contribution is -2.19. The molecule has 3 aromatic rings. The molecule has 0 aromatic heterocycles. The van der Waals surface area contributed by atoms with Crippen LogP contribution in [-0.4, -0.2) is 5.11 Å². The number of aryl methyl sites for hydroxylation is 2. The van der Waals surface area contributed by atoms with Gasteiger partial charge in [0.2, 0.25) is 0 Å². The Morgan fingerprint density at radius 2 is 1.33 bits per heavy atom. The van der Waals surface area contributed by atoms with E-state index in [9.17, 15) is 0 Å². The molecule has 30 heavy (non-hydrogen) atoms. The summed E-state index contributed by atoms with van der Waals surface area (Å²) in [7, 11) is 0. The van der Waals surface area contributed by atoms with Crippen LogP contribution in [0.25, 0.3) is 0 Å². The molecule has 2 N–H and O–H groups in total. The van der Waals surface area contributed by atoms with E-state index in [-0.39, 0.29) is 5.41 Å². The summed E-state index contributed by atoms with van der Waals surface area (Å²) in [6.07, 6.45) is 1.10. The molecule has 0 radical (unpaired) electrons. The van der Waals surface area contributed by atoms with Crippen molar-refractivity contribution in [1.82, 2.24) is 0 Å². The van der Waals surface area contributed by atoms with Gasteiger partial charge in [-0.05, 0) is 103 Å². The van der Waals surface area contributed by atoms with E-state index in [1.165, 1.54) is 16.7 Å². The first-order chi connectivity index (χ1) is 14.3. The molecule has 0 amide bonds. The Hall–Kier alpha value is -2.85. The molecule has 3 aromatic carbocycles. The summed E-state index contributed by atoms with van der Waals surface area (Å²) in [6.45, 7) is 10.9. The molecule has 0 saturated carbocycles. The van der Waals surface area contributed by atoms with Crippen LogP contribution in [0.1, 0.15) is 43.9 Å². The van der Waals surface area contributed by atoms with Gasteiger partial charge in [0.1, 0.15) is 11.5 Å². The summed E-state index contributed by atoms with van der Waals surface area (Å²) in [5.41, 5.74) is 5.88. The van der Waals surface area contributed by atoms with Gasteiger partial charge in [-0.2, -0.15) is 0 Å². The van der Waals surface area contributed by atoms with Crippen LogP contribution in [0.5, 0.6) is 11.5 Å². The molecule has 4 heteroatoms. The molecule has 156 valence electrons. The fraction of sp³-hybridized carbons (Fsp3) is 0.269. The maximum absolute atomic E-state index is 5.98. The van der Waals surface area contributed by atoms with Crippen molar-refractivity contribution in [2.24, 2.45) is 0 Å². The normalized spacial score (nSPS) is 11.1. The van der Waals surface area contributed by atoms with Gasteiger partial charge in [0, 0.05) is 11.4 Å². The minimum atomic E-state index is 0.176. The van der Waals surface area contributed by atoms with Gasteiger partial charge in [0.15, 0.2) is 5.11 Å². The van der Waals surface area contributed by atoms with E-state index in [1.807, 2.05) is 42.5 Å². The van der Waals surface area contributed by atoms with Gasteiger partial charge < -0.3 is 15.4 Å². The molecule has 0 atom stereocenters. The fourth-order valence-electron chi connectivity index (χ4n) is 3.03. The minimum Gasteiger partial charge on any atom is -0.457 e. The third-order valence-electron chi connectivity index (χ3n) is 5.63. The third kappa shape index (κ3) is 5.61. The van der Waals surface area contributed by atoms with Gasteiger partial charge in [0.25, 0.3) is 0 Å². The number of benzene rings is 3. The highest BCUT2D eigenvalue weighted by Crippen LogP contribution is 2.30. The summed E-state index contributed by atoms with van der Waals surface area (Å²) in [5.74, 6) is 1.62. The number of anilines is 2. The van der Waals surface area contributed by atoms with E-state index in [4.69, 9.17) is 17.0 Å². The number of ether oxygens (including phenoxy) is 1. The SMILES string of the molecule is CCC(C)(C)c1ccc(Oc2ccc(NC(=S)Nc3ccc(C)c(C)c3)cc2)cc1. The second-order valence-corrected chi connectivity index (χ2v) is 8.67. The first-order valence-corrected chi connectivity index (χ1v) is 10.7. The van der Waals surface area contributed by atoms with Crippen molar-refractivity contribution >= 4 is 28.7 Å². The highest BCUT2D eigenvalue weighted by Gasteiger charge is 2.17. The van der Waals surface area contributed by atoms with E-state index in [0.717, 1.165) is 29.3 Å². The zero-order valence-electron chi connectivity index (χ0n) is 18.4. The molecule has 0 heterocycles. The van der Waals surface area contributed by atoms with Crippen LogP contribution in [0.15, 0.2) is 66.7 Å². The zero-order valence-corrected chi connectivity index (χ0v) is 19.2. The Morgan fingerprint density at radius 3 is 1.90 bits per heavy atom. The summed E-state index contributed by atoms with van der Waals surface area (Å²) >= 11 is 5.43. The zero-order chi connectivity index (χ0) is 21.7. The van der Waals surface area contributed by atoms with Crippen LogP contribution in [0.2, 0.25) is 0 Å². The Bertz CT molecular complexity index is 1010. The lowest BCUT2D eigenvalue weighted by Gasteiger charge is -2.23. The van der Waals surface area contributed by atoms with Crippen molar-refractivity contribution in [3.05, 3.63) is 83.4 Å². The molecule has 3 nitrogen and oxygen atoms in total. The Kier molecular flexibility index (Phi) is 6.78. The molecule has 3 rings (SSSR count). The van der Waals surface area contributed by atoms with Gasteiger partial charge in [-0.3, -0.25) is 0 Å². The highest BCUT2D eigenvalue weighted by atomic mass is 32.1. The maximum atomic E-state index is 5.98. The van der Waals surface area contributed by atoms with Gasteiger partial charge in [-0.1, -0.05) is 39.0 Å². The molecule has 0 fully saturated rings. The summed E-state index contributed by atoms with van der Waals surface area (Å²) in [6, 6.07) is 22.3. The lowest BCUT2D eigenvalue weighted by molar-refractivity contribution is 0.478. The molecule has 0 unspecified atom stereocenters. The molecule has 0 saturated heterocycles. The average molecular weight is 419 g/mol. The van der Waals surface area contributed by atoms with E-state index in [1.54, 1.807) is 0 Å². The maximum Gasteiger partial charge on any atom is 0.175 e.